The van der Waals surface area contributed by atoms with Crippen molar-refractivity contribution in [1.82, 2.24) is 9.88 Å². The lowest BCUT2D eigenvalue weighted by Gasteiger charge is -2.32. The summed E-state index contributed by atoms with van der Waals surface area (Å²) in [6, 6.07) is 2.13. The lowest BCUT2D eigenvalue weighted by atomic mass is 10.1. The van der Waals surface area contributed by atoms with E-state index in [1.54, 1.807) is 6.07 Å². The highest BCUT2D eigenvalue weighted by Gasteiger charge is 2.33. The van der Waals surface area contributed by atoms with Crippen molar-refractivity contribution in [3.63, 3.8) is 0 Å². The third-order valence-corrected chi connectivity index (χ3v) is 3.32. The summed E-state index contributed by atoms with van der Waals surface area (Å²) < 4.78 is 5.12. The van der Waals surface area contributed by atoms with Crippen molar-refractivity contribution in [3.8, 4) is 0 Å². The number of aryl methyl sites for hydroxylation is 1. The van der Waals surface area contributed by atoms with E-state index in [2.05, 4.69) is 4.98 Å². The van der Waals surface area contributed by atoms with Crippen molar-refractivity contribution in [2.75, 3.05) is 19.8 Å². The van der Waals surface area contributed by atoms with Gasteiger partial charge >= 0.3 is 5.97 Å². The molecule has 0 saturated carbocycles. The molecule has 20 heavy (non-hydrogen) atoms. The Hall–Kier alpha value is -1.66. The lowest BCUT2D eigenvalue weighted by Crippen LogP contribution is -2.52. The van der Waals surface area contributed by atoms with Crippen molar-refractivity contribution in [3.05, 3.63) is 28.5 Å². The Morgan fingerprint density at radius 2 is 2.30 bits per heavy atom. The molecular weight excluding hydrogens is 284 g/mol. The zero-order chi connectivity index (χ0) is 14.7. The maximum absolute atomic E-state index is 12.5. The number of hydrogen-bond donors (Lipinski definition) is 1. The van der Waals surface area contributed by atoms with E-state index < -0.39 is 12.0 Å². The summed E-state index contributed by atoms with van der Waals surface area (Å²) in [5.41, 5.74) is 1.05. The van der Waals surface area contributed by atoms with E-state index in [0.29, 0.717) is 24.3 Å². The third kappa shape index (κ3) is 3.08. The van der Waals surface area contributed by atoms with Crippen LogP contribution < -0.4 is 0 Å². The SMILES string of the molecule is CCc1cc(C(=O)N2CCOCC2C(=O)O)cc(Cl)n1. The Morgan fingerprint density at radius 1 is 1.55 bits per heavy atom. The number of carboxylic acids is 1. The monoisotopic (exact) mass is 298 g/mol. The van der Waals surface area contributed by atoms with Crippen LogP contribution in [0, 0.1) is 0 Å². The van der Waals surface area contributed by atoms with E-state index in [-0.39, 0.29) is 24.2 Å². The molecule has 1 amide bonds. The topological polar surface area (TPSA) is 79.7 Å². The van der Waals surface area contributed by atoms with Gasteiger partial charge in [-0.25, -0.2) is 9.78 Å². The summed E-state index contributed by atoms with van der Waals surface area (Å²) in [4.78, 5) is 29.0. The van der Waals surface area contributed by atoms with Crippen molar-refractivity contribution in [2.45, 2.75) is 19.4 Å². The number of hydrogen-bond acceptors (Lipinski definition) is 4. The summed E-state index contributed by atoms with van der Waals surface area (Å²) >= 11 is 5.89. The van der Waals surface area contributed by atoms with E-state index in [1.807, 2.05) is 6.92 Å². The van der Waals surface area contributed by atoms with Crippen LogP contribution in [0.4, 0.5) is 0 Å². The molecule has 1 aromatic heterocycles. The standard InChI is InChI=1S/C13H15ClN2O4/c1-2-9-5-8(6-11(14)15-9)12(17)16-3-4-20-7-10(16)13(18)19/h5-6,10H,2-4,7H2,1H3,(H,18,19). The van der Waals surface area contributed by atoms with Crippen LogP contribution in [-0.2, 0) is 16.0 Å². The van der Waals surface area contributed by atoms with Crippen LogP contribution in [0.2, 0.25) is 5.15 Å². The largest absolute Gasteiger partial charge is 0.480 e. The first-order chi connectivity index (χ1) is 9.52. The Morgan fingerprint density at radius 3 is 2.95 bits per heavy atom. The number of amides is 1. The molecule has 2 heterocycles. The maximum atomic E-state index is 12.5. The van der Waals surface area contributed by atoms with Crippen molar-refractivity contribution in [1.29, 1.82) is 0 Å². The molecule has 2 rings (SSSR count). The molecule has 1 fully saturated rings. The minimum Gasteiger partial charge on any atom is -0.480 e. The summed E-state index contributed by atoms with van der Waals surface area (Å²) in [6.45, 7) is 2.48. The molecule has 6 nitrogen and oxygen atoms in total. The fourth-order valence-electron chi connectivity index (χ4n) is 2.07. The van der Waals surface area contributed by atoms with Crippen LogP contribution in [-0.4, -0.2) is 52.7 Å². The smallest absolute Gasteiger partial charge is 0.328 e. The number of nitrogens with zero attached hydrogens (tertiary/aromatic N) is 2. The fourth-order valence-corrected chi connectivity index (χ4v) is 2.30. The predicted octanol–water partition coefficient (Wildman–Crippen LogP) is 1.22. The second-order valence-electron chi connectivity index (χ2n) is 4.45. The molecule has 1 aliphatic heterocycles. The third-order valence-electron chi connectivity index (χ3n) is 3.13. The first-order valence-corrected chi connectivity index (χ1v) is 6.68. The highest BCUT2D eigenvalue weighted by molar-refractivity contribution is 6.29. The normalized spacial score (nSPS) is 18.9. The molecule has 108 valence electrons. The first kappa shape index (κ1) is 14.7. The van der Waals surface area contributed by atoms with Crippen LogP contribution in [0.1, 0.15) is 23.0 Å². The number of carbonyl (C=O) groups is 2. The number of morpholine rings is 1. The van der Waals surface area contributed by atoms with Gasteiger partial charge in [0.2, 0.25) is 0 Å². The minimum atomic E-state index is -1.08. The fraction of sp³-hybridized carbons (Fsp3) is 0.462. The van der Waals surface area contributed by atoms with Crippen LogP contribution >= 0.6 is 11.6 Å². The molecule has 0 aromatic carbocycles. The summed E-state index contributed by atoms with van der Waals surface area (Å²) in [7, 11) is 0. The molecule has 0 bridgehead atoms. The van der Waals surface area contributed by atoms with E-state index in [4.69, 9.17) is 21.4 Å². The van der Waals surface area contributed by atoms with Gasteiger partial charge in [-0.1, -0.05) is 18.5 Å². The quantitative estimate of drug-likeness (QED) is 0.849. The highest BCUT2D eigenvalue weighted by atomic mass is 35.5. The van der Waals surface area contributed by atoms with Gasteiger partial charge in [-0.2, -0.15) is 0 Å². The zero-order valence-corrected chi connectivity index (χ0v) is 11.8. The molecule has 1 aliphatic rings. The second kappa shape index (κ2) is 6.19. The average molecular weight is 299 g/mol. The zero-order valence-electron chi connectivity index (χ0n) is 11.0. The van der Waals surface area contributed by atoms with Gasteiger partial charge in [0.1, 0.15) is 5.15 Å². The molecule has 0 aliphatic carbocycles. The molecular formula is C13H15ClN2O4. The van der Waals surface area contributed by atoms with Gasteiger partial charge in [0.25, 0.3) is 5.91 Å². The van der Waals surface area contributed by atoms with E-state index in [0.717, 1.165) is 0 Å². The molecule has 0 radical (unpaired) electrons. The van der Waals surface area contributed by atoms with Crippen LogP contribution in [0.5, 0.6) is 0 Å². The number of rotatable bonds is 3. The van der Waals surface area contributed by atoms with E-state index in [9.17, 15) is 9.59 Å². The van der Waals surface area contributed by atoms with Crippen molar-refractivity contribution in [2.24, 2.45) is 0 Å². The number of ether oxygens (including phenoxy) is 1. The number of carbonyl (C=O) groups excluding carboxylic acids is 1. The molecule has 1 unspecified atom stereocenters. The maximum Gasteiger partial charge on any atom is 0.328 e. The predicted molar refractivity (Wildman–Crippen MR) is 71.9 cm³/mol. The molecule has 1 saturated heterocycles. The molecule has 1 aromatic rings. The Labute approximate surface area is 121 Å². The molecule has 7 heteroatoms. The highest BCUT2D eigenvalue weighted by Crippen LogP contribution is 2.17. The summed E-state index contributed by atoms with van der Waals surface area (Å²) in [5.74, 6) is -1.44. The summed E-state index contributed by atoms with van der Waals surface area (Å²) in [6.07, 6.45) is 0.645. The van der Waals surface area contributed by atoms with Crippen LogP contribution in [0.3, 0.4) is 0 Å². The van der Waals surface area contributed by atoms with Crippen LogP contribution in [0.25, 0.3) is 0 Å². The number of carboxylic acid groups (broad SMARTS) is 1. The van der Waals surface area contributed by atoms with Crippen LogP contribution in [0.15, 0.2) is 12.1 Å². The molecule has 1 N–H and O–H groups in total. The molecule has 1 atom stereocenters. The van der Waals surface area contributed by atoms with Gasteiger partial charge in [-0.3, -0.25) is 4.79 Å². The molecule has 0 spiro atoms. The average Bonchev–Trinajstić information content (AvgIpc) is 2.45. The lowest BCUT2D eigenvalue weighted by molar-refractivity contribution is -0.147. The van der Waals surface area contributed by atoms with Gasteiger partial charge in [0, 0.05) is 17.8 Å². The van der Waals surface area contributed by atoms with E-state index in [1.165, 1.54) is 11.0 Å². The van der Waals surface area contributed by atoms with Gasteiger partial charge in [-0.15, -0.1) is 0 Å². The second-order valence-corrected chi connectivity index (χ2v) is 4.84. The number of pyridine rings is 1. The van der Waals surface area contributed by atoms with E-state index >= 15 is 0 Å². The van der Waals surface area contributed by atoms with Gasteiger partial charge in [-0.05, 0) is 18.6 Å². The van der Waals surface area contributed by atoms with Gasteiger partial charge in [0.05, 0.1) is 13.2 Å². The Bertz CT molecular complexity index is 535. The van der Waals surface area contributed by atoms with Crippen molar-refractivity contribution < 1.29 is 19.4 Å². The Balaban J connectivity index is 2.29. The Kier molecular flexibility index (Phi) is 4.57. The van der Waals surface area contributed by atoms with Gasteiger partial charge < -0.3 is 14.7 Å². The number of aromatic nitrogens is 1. The number of aliphatic carboxylic acids is 1. The number of halogens is 1. The van der Waals surface area contributed by atoms with Crippen molar-refractivity contribution >= 4 is 23.5 Å². The first-order valence-electron chi connectivity index (χ1n) is 6.31. The van der Waals surface area contributed by atoms with Gasteiger partial charge in [0.15, 0.2) is 6.04 Å². The minimum absolute atomic E-state index is 0.000520. The summed E-state index contributed by atoms with van der Waals surface area (Å²) in [5, 5.41) is 9.38.